The van der Waals surface area contributed by atoms with E-state index in [0.29, 0.717) is 25.8 Å². The zero-order valence-electron chi connectivity index (χ0n) is 41.9. The first-order chi connectivity index (χ1) is 32.3. The standard InChI is InChI=1S/C54H74N4O10/c1-12-34(4)48(45(66-10)31-47(60)58-28-20-27-44(58)49(67-11)35(5)50(61)55-43(52(63)64)29-36-21-14-13-15-22-36)56(8)51(62)41(33(2)3)30-46(59)54(6,7)57(9)53(65)68-32-42-39-25-18-16-23-37(39)38-24-17-19-26-40(38)42/h13-19,21-26,33-35,41-45,48-49H,12,20,27-32H2,1-11H3,(H,55,61)(H,63,64)/t34-,35+,41-,43-,44-,45+,48-,49+/m0/s1. The Balaban J connectivity index is 1.24. The number of hydrogen-bond acceptors (Lipinski definition) is 9. The first-order valence-corrected chi connectivity index (χ1v) is 24.1. The molecule has 0 spiro atoms. The number of amides is 4. The molecule has 1 fully saturated rings. The lowest BCUT2D eigenvalue weighted by Crippen LogP contribution is -2.55. The van der Waals surface area contributed by atoms with E-state index in [-0.39, 0.29) is 61.2 Å². The summed E-state index contributed by atoms with van der Waals surface area (Å²) in [7, 11) is 6.26. The minimum absolute atomic E-state index is 0.0575. The van der Waals surface area contributed by atoms with Gasteiger partial charge in [-0.15, -0.1) is 0 Å². The predicted molar refractivity (Wildman–Crippen MR) is 261 cm³/mol. The molecule has 14 heteroatoms. The molecule has 0 aromatic heterocycles. The highest BCUT2D eigenvalue weighted by Crippen LogP contribution is 2.44. The second kappa shape index (κ2) is 23.6. The number of carbonyl (C=O) groups is 6. The van der Waals surface area contributed by atoms with Crippen molar-refractivity contribution in [1.82, 2.24) is 20.0 Å². The average molecular weight is 939 g/mol. The monoisotopic (exact) mass is 939 g/mol. The smallest absolute Gasteiger partial charge is 0.410 e. The molecule has 8 atom stereocenters. The number of carboxylic acid groups (broad SMARTS) is 1. The maximum atomic E-state index is 14.7. The summed E-state index contributed by atoms with van der Waals surface area (Å²) in [5.41, 5.74) is 3.85. The summed E-state index contributed by atoms with van der Waals surface area (Å²) in [6.07, 6.45) is -0.223. The Morgan fingerprint density at radius 3 is 1.97 bits per heavy atom. The number of likely N-dealkylation sites (N-methyl/N-ethyl adjacent to an activating group) is 2. The largest absolute Gasteiger partial charge is 0.480 e. The lowest BCUT2D eigenvalue weighted by atomic mass is 9.82. The topological polar surface area (TPSA) is 172 Å². The Hall–Kier alpha value is -5.60. The van der Waals surface area contributed by atoms with Crippen LogP contribution in [0.15, 0.2) is 78.9 Å². The zero-order chi connectivity index (χ0) is 50.0. The van der Waals surface area contributed by atoms with Crippen LogP contribution in [0.3, 0.4) is 0 Å². The molecule has 4 amide bonds. The molecule has 3 aromatic rings. The molecular weight excluding hydrogens is 865 g/mol. The second-order valence-electron chi connectivity index (χ2n) is 19.6. The van der Waals surface area contributed by atoms with Gasteiger partial charge in [0.1, 0.15) is 12.6 Å². The summed E-state index contributed by atoms with van der Waals surface area (Å²) in [5.74, 6) is -4.45. The number of ether oxygens (including phenoxy) is 3. The minimum Gasteiger partial charge on any atom is -0.480 e. The molecule has 3 aromatic carbocycles. The molecule has 1 aliphatic carbocycles. The first-order valence-electron chi connectivity index (χ1n) is 24.1. The van der Waals surface area contributed by atoms with Gasteiger partial charge in [-0.25, -0.2) is 9.59 Å². The number of methoxy groups -OCH3 is 2. The molecule has 0 radical (unpaired) electrons. The number of nitrogens with one attached hydrogen (secondary N) is 1. The van der Waals surface area contributed by atoms with Gasteiger partial charge in [-0.3, -0.25) is 24.1 Å². The Bertz CT molecular complexity index is 2190. The third kappa shape index (κ3) is 12.0. The number of carboxylic acids is 1. The third-order valence-corrected chi connectivity index (χ3v) is 14.8. The lowest BCUT2D eigenvalue weighted by Gasteiger charge is -2.41. The van der Waals surface area contributed by atoms with E-state index in [9.17, 15) is 33.9 Å². The van der Waals surface area contributed by atoms with E-state index in [0.717, 1.165) is 27.8 Å². The SMILES string of the molecule is CC[C@H](C)[C@@H]([C@@H](CC(=O)N1CCC[C@H]1[C@H](OC)[C@@H](C)C(=O)N[C@@H](Cc1ccccc1)C(=O)O)OC)N(C)C(=O)[C@@H](CC(=O)C(C)(C)N(C)C(=O)OCC1c2ccccc2-c2ccccc21)C(C)C. The fraction of sp³-hybridized carbons (Fsp3) is 0.556. The summed E-state index contributed by atoms with van der Waals surface area (Å²) in [6.45, 7) is 13.4. The van der Waals surface area contributed by atoms with Gasteiger partial charge in [0.2, 0.25) is 17.7 Å². The van der Waals surface area contributed by atoms with Gasteiger partial charge in [0.15, 0.2) is 5.78 Å². The number of likely N-dealkylation sites (tertiary alicyclic amines) is 1. The number of carbonyl (C=O) groups excluding carboxylic acids is 5. The normalized spacial score (nSPS) is 17.8. The molecule has 1 heterocycles. The molecule has 14 nitrogen and oxygen atoms in total. The van der Waals surface area contributed by atoms with Crippen molar-refractivity contribution in [1.29, 1.82) is 0 Å². The van der Waals surface area contributed by atoms with Crippen LogP contribution in [0.25, 0.3) is 11.1 Å². The quantitative estimate of drug-likeness (QED) is 0.0965. The van der Waals surface area contributed by atoms with E-state index in [1.807, 2.05) is 82.3 Å². The van der Waals surface area contributed by atoms with Crippen molar-refractivity contribution in [3.8, 4) is 11.1 Å². The Kier molecular flexibility index (Phi) is 18.5. The van der Waals surface area contributed by atoms with E-state index >= 15 is 0 Å². The van der Waals surface area contributed by atoms with Gasteiger partial charge < -0.3 is 34.4 Å². The number of aliphatic carboxylic acids is 1. The summed E-state index contributed by atoms with van der Waals surface area (Å²) < 4.78 is 17.9. The van der Waals surface area contributed by atoms with Gasteiger partial charge in [-0.1, -0.05) is 120 Å². The summed E-state index contributed by atoms with van der Waals surface area (Å²) >= 11 is 0. The highest BCUT2D eigenvalue weighted by atomic mass is 16.6. The number of Topliss-reactive ketones (excluding diaryl/α,β-unsaturated/α-hetero) is 1. The van der Waals surface area contributed by atoms with Crippen LogP contribution < -0.4 is 5.32 Å². The zero-order valence-corrected chi connectivity index (χ0v) is 41.9. The van der Waals surface area contributed by atoms with Crippen LogP contribution in [-0.4, -0.2) is 133 Å². The van der Waals surface area contributed by atoms with Crippen molar-refractivity contribution in [2.45, 2.75) is 129 Å². The van der Waals surface area contributed by atoms with Crippen LogP contribution in [0.2, 0.25) is 0 Å². The number of fused-ring (bicyclic) bond motifs is 3. The van der Waals surface area contributed by atoms with E-state index in [2.05, 4.69) is 17.4 Å². The Morgan fingerprint density at radius 1 is 0.838 bits per heavy atom. The van der Waals surface area contributed by atoms with Crippen molar-refractivity contribution in [3.63, 3.8) is 0 Å². The molecule has 2 N–H and O–H groups in total. The Morgan fingerprint density at radius 2 is 1.43 bits per heavy atom. The molecule has 0 saturated carbocycles. The molecule has 370 valence electrons. The van der Waals surface area contributed by atoms with Crippen molar-refractivity contribution in [2.75, 3.05) is 41.5 Å². The fourth-order valence-electron chi connectivity index (χ4n) is 10.1. The van der Waals surface area contributed by atoms with Gasteiger partial charge >= 0.3 is 12.1 Å². The summed E-state index contributed by atoms with van der Waals surface area (Å²) in [5, 5.41) is 12.6. The van der Waals surface area contributed by atoms with Crippen LogP contribution in [0.1, 0.15) is 103 Å². The highest BCUT2D eigenvalue weighted by molar-refractivity contribution is 5.94. The van der Waals surface area contributed by atoms with Crippen molar-refractivity contribution in [3.05, 3.63) is 95.6 Å². The van der Waals surface area contributed by atoms with Gasteiger partial charge in [-0.2, -0.15) is 0 Å². The van der Waals surface area contributed by atoms with E-state index in [1.165, 1.54) is 19.1 Å². The minimum atomic E-state index is -1.31. The van der Waals surface area contributed by atoms with E-state index < -0.39 is 65.7 Å². The van der Waals surface area contributed by atoms with Crippen molar-refractivity contribution in [2.24, 2.45) is 23.7 Å². The molecular formula is C54H74N4O10. The van der Waals surface area contributed by atoms with Crippen LogP contribution in [0.4, 0.5) is 4.79 Å². The fourth-order valence-corrected chi connectivity index (χ4v) is 10.1. The third-order valence-electron chi connectivity index (χ3n) is 14.8. The van der Waals surface area contributed by atoms with Crippen LogP contribution >= 0.6 is 0 Å². The van der Waals surface area contributed by atoms with E-state index in [1.54, 1.807) is 56.8 Å². The molecule has 5 rings (SSSR count). The molecule has 1 saturated heterocycles. The molecule has 2 aliphatic rings. The Labute approximate surface area is 403 Å². The van der Waals surface area contributed by atoms with Crippen molar-refractivity contribution < 1.29 is 48.1 Å². The lowest BCUT2D eigenvalue weighted by molar-refractivity contribution is -0.149. The van der Waals surface area contributed by atoms with Gasteiger partial charge in [0.25, 0.3) is 0 Å². The maximum absolute atomic E-state index is 14.7. The van der Waals surface area contributed by atoms with Crippen LogP contribution in [0.5, 0.6) is 0 Å². The number of hydrogen-bond donors (Lipinski definition) is 2. The number of rotatable bonds is 23. The highest BCUT2D eigenvalue weighted by Gasteiger charge is 2.45. The summed E-state index contributed by atoms with van der Waals surface area (Å²) in [6, 6.07) is 23.1. The number of nitrogens with zero attached hydrogens (tertiary/aromatic N) is 3. The van der Waals surface area contributed by atoms with E-state index in [4.69, 9.17) is 14.2 Å². The maximum Gasteiger partial charge on any atom is 0.410 e. The number of ketones is 1. The van der Waals surface area contributed by atoms with Gasteiger partial charge in [-0.05, 0) is 66.3 Å². The first kappa shape index (κ1) is 53.4. The number of benzene rings is 3. The van der Waals surface area contributed by atoms with Gasteiger partial charge in [0.05, 0.1) is 42.2 Å². The van der Waals surface area contributed by atoms with Crippen LogP contribution in [-0.2, 0) is 44.6 Å². The molecule has 68 heavy (non-hydrogen) atoms. The average Bonchev–Trinajstić information content (AvgIpc) is 3.94. The molecule has 0 bridgehead atoms. The van der Waals surface area contributed by atoms with Crippen LogP contribution in [0, 0.1) is 23.7 Å². The summed E-state index contributed by atoms with van der Waals surface area (Å²) in [4.78, 5) is 87.5. The predicted octanol–water partition coefficient (Wildman–Crippen LogP) is 7.61. The van der Waals surface area contributed by atoms with Crippen molar-refractivity contribution >= 4 is 35.6 Å². The molecule has 1 aliphatic heterocycles. The second-order valence-corrected chi connectivity index (χ2v) is 19.6. The molecule has 0 unspecified atom stereocenters. The van der Waals surface area contributed by atoms with Gasteiger partial charge in [0, 0.05) is 59.5 Å².